The minimum Gasteiger partial charge on any atom is -0.430 e. The van der Waals surface area contributed by atoms with Crippen LogP contribution in [0.1, 0.15) is 0 Å². The summed E-state index contributed by atoms with van der Waals surface area (Å²) in [6.07, 6.45) is 0. The average molecular weight is 77.8 g/mol. The molecule has 0 aromatic rings. The van der Waals surface area contributed by atoms with Crippen molar-refractivity contribution in [3.8, 4) is 0 Å². The Morgan fingerprint density at radius 3 is 2.25 bits per heavy atom. The van der Waals surface area contributed by atoms with E-state index in [-0.39, 0.29) is 7.69 Å². The van der Waals surface area contributed by atoms with Crippen molar-refractivity contribution in [2.45, 2.75) is 0 Å². The summed E-state index contributed by atoms with van der Waals surface area (Å²) in [5, 5.41) is 7.63. The minimum absolute atomic E-state index is 0.218. The Bertz CT molecular complexity index is 8.00. The summed E-state index contributed by atoms with van der Waals surface area (Å²) in [7, 11) is 1.69. The smallest absolute Gasteiger partial charge is 0.430 e. The van der Waals surface area contributed by atoms with Crippen molar-refractivity contribution < 1.29 is 9.47 Å². The van der Waals surface area contributed by atoms with E-state index in [2.05, 4.69) is 4.44 Å². The van der Waals surface area contributed by atoms with E-state index in [1.807, 2.05) is 9.47 Å². The highest BCUT2D eigenvalue weighted by molar-refractivity contribution is 7.11. The molecule has 0 heterocycles. The van der Waals surface area contributed by atoms with E-state index in [0.29, 0.717) is 0 Å². The Balaban J connectivity index is 1.97. The Hall–Kier alpha value is 0.415. The van der Waals surface area contributed by atoms with Gasteiger partial charge in [-0.1, -0.05) is 0 Å². The molecular formula is H4BO2P. The van der Waals surface area contributed by atoms with Gasteiger partial charge in [0.05, 0.1) is 0 Å². The van der Waals surface area contributed by atoms with Crippen molar-refractivity contribution in [3.05, 3.63) is 0 Å². The molecule has 0 fully saturated rings. The van der Waals surface area contributed by atoms with Gasteiger partial charge in [0.15, 0.2) is 0 Å². The quantitative estimate of drug-likeness (QED) is 0.323. The summed E-state index contributed by atoms with van der Waals surface area (Å²) >= 11 is 0. The summed E-state index contributed by atoms with van der Waals surface area (Å²) in [4.78, 5) is 0. The Morgan fingerprint density at radius 2 is 2.25 bits per heavy atom. The van der Waals surface area contributed by atoms with Crippen LogP contribution in [0.25, 0.3) is 0 Å². The third kappa shape index (κ3) is 2.41. The Kier molecular flexibility index (Phi) is 3.77. The fourth-order valence-corrected chi connectivity index (χ4v) is 0. The SMILES string of the molecule is OBOP. The monoisotopic (exact) mass is 78.0 g/mol. The van der Waals surface area contributed by atoms with Crippen molar-refractivity contribution in [2.75, 3.05) is 0 Å². The molecule has 0 aromatic heterocycles. The topological polar surface area (TPSA) is 29.5 Å². The molecule has 0 aliphatic heterocycles. The molecule has 0 radical (unpaired) electrons. The van der Waals surface area contributed by atoms with E-state index in [1.165, 1.54) is 0 Å². The van der Waals surface area contributed by atoms with Crippen LogP contribution < -0.4 is 0 Å². The lowest BCUT2D eigenvalue weighted by atomic mass is 10.5. The van der Waals surface area contributed by atoms with Crippen molar-refractivity contribution in [1.29, 1.82) is 0 Å². The van der Waals surface area contributed by atoms with Crippen LogP contribution in [0, 0.1) is 0 Å². The molecule has 0 amide bonds. The number of hydrogen-bond donors (Lipinski definition) is 1. The first-order valence-corrected chi connectivity index (χ1v) is 1.31. The van der Waals surface area contributed by atoms with Gasteiger partial charge in [-0.2, -0.15) is 0 Å². The van der Waals surface area contributed by atoms with Crippen molar-refractivity contribution in [1.82, 2.24) is 0 Å². The van der Waals surface area contributed by atoms with Gasteiger partial charge in [0.25, 0.3) is 0 Å². The van der Waals surface area contributed by atoms with Gasteiger partial charge in [-0.05, 0) is 9.47 Å². The summed E-state index contributed by atoms with van der Waals surface area (Å²) in [5.74, 6) is 0. The second kappa shape index (κ2) is 3.41. The number of rotatable bonds is 1. The Morgan fingerprint density at radius 1 is 2.00 bits per heavy atom. The lowest BCUT2D eigenvalue weighted by Crippen LogP contribution is -1.79. The highest BCUT2D eigenvalue weighted by Crippen LogP contribution is 1.72. The predicted molar refractivity (Wildman–Crippen MR) is 20.2 cm³/mol. The highest BCUT2D eigenvalue weighted by atomic mass is 31.0. The van der Waals surface area contributed by atoms with Crippen LogP contribution >= 0.6 is 9.47 Å². The molecule has 0 bridgehead atoms. The van der Waals surface area contributed by atoms with Crippen LogP contribution in [0.2, 0.25) is 0 Å². The third-order valence-electron chi connectivity index (χ3n) is 0.0745. The molecule has 0 rings (SSSR count). The lowest BCUT2D eigenvalue weighted by Gasteiger charge is -1.71. The predicted octanol–water partition coefficient (Wildman–Crippen LogP) is -0.948. The molecule has 0 saturated carbocycles. The molecule has 1 atom stereocenters. The molecule has 4 heavy (non-hydrogen) atoms. The van der Waals surface area contributed by atoms with Crippen LogP contribution in [0.4, 0.5) is 0 Å². The van der Waals surface area contributed by atoms with Gasteiger partial charge < -0.3 is 9.47 Å². The third-order valence-corrected chi connectivity index (χ3v) is 0.224. The maximum atomic E-state index is 7.63. The van der Waals surface area contributed by atoms with E-state index >= 15 is 0 Å². The minimum atomic E-state index is -0.218. The molecule has 4 heteroatoms. The van der Waals surface area contributed by atoms with E-state index in [1.54, 1.807) is 0 Å². The summed E-state index contributed by atoms with van der Waals surface area (Å²) in [6, 6.07) is 0. The molecule has 1 N–H and O–H groups in total. The van der Waals surface area contributed by atoms with Crippen LogP contribution in [-0.4, -0.2) is 12.7 Å². The van der Waals surface area contributed by atoms with E-state index < -0.39 is 0 Å². The van der Waals surface area contributed by atoms with Crippen molar-refractivity contribution in [3.63, 3.8) is 0 Å². The zero-order chi connectivity index (χ0) is 3.41. The van der Waals surface area contributed by atoms with Gasteiger partial charge >= 0.3 is 7.69 Å². The molecule has 0 aliphatic rings. The van der Waals surface area contributed by atoms with Crippen LogP contribution in [0.5, 0.6) is 0 Å². The second-order valence-corrected chi connectivity index (χ2v) is 0.629. The summed E-state index contributed by atoms with van der Waals surface area (Å²) in [5.41, 5.74) is 0. The summed E-state index contributed by atoms with van der Waals surface area (Å²) in [6.45, 7) is 0. The van der Waals surface area contributed by atoms with Gasteiger partial charge in [0, 0.05) is 0 Å². The average Bonchev–Trinajstić information content (AvgIpc) is 1.37. The molecule has 0 spiro atoms. The molecule has 1 unspecified atom stereocenters. The largest absolute Gasteiger partial charge is 0.438 e. The van der Waals surface area contributed by atoms with Crippen LogP contribution in [-0.2, 0) is 4.44 Å². The molecular weight excluding hydrogens is 73.8 g/mol. The van der Waals surface area contributed by atoms with Crippen LogP contribution in [0.15, 0.2) is 0 Å². The first kappa shape index (κ1) is 4.41. The normalized spacial score (nSPS) is 6.50. The maximum absolute atomic E-state index is 7.63. The highest BCUT2D eigenvalue weighted by Gasteiger charge is 1.63. The van der Waals surface area contributed by atoms with Crippen molar-refractivity contribution in [2.24, 2.45) is 0 Å². The van der Waals surface area contributed by atoms with Gasteiger partial charge in [-0.25, -0.2) is 0 Å². The first-order chi connectivity index (χ1) is 1.91. The van der Waals surface area contributed by atoms with Crippen LogP contribution in [0.3, 0.4) is 0 Å². The first-order valence-electron chi connectivity index (χ1n) is 0.841. The maximum Gasteiger partial charge on any atom is 0.438 e. The van der Waals surface area contributed by atoms with Gasteiger partial charge in [0.2, 0.25) is 0 Å². The van der Waals surface area contributed by atoms with Gasteiger partial charge in [-0.15, -0.1) is 0 Å². The van der Waals surface area contributed by atoms with Crippen molar-refractivity contribution >= 4 is 17.2 Å². The standard InChI is InChI=1S/BH4O2P/c2-1-3-4/h1-2H,4H2. The zero-order valence-electron chi connectivity index (χ0n) is 2.14. The van der Waals surface area contributed by atoms with Gasteiger partial charge in [-0.3, -0.25) is 0 Å². The molecule has 2 nitrogen and oxygen atoms in total. The van der Waals surface area contributed by atoms with E-state index in [9.17, 15) is 0 Å². The fraction of sp³-hybridized carbons (Fsp3) is 0. The van der Waals surface area contributed by atoms with E-state index in [4.69, 9.17) is 5.02 Å². The molecule has 0 aliphatic carbocycles. The zero-order valence-corrected chi connectivity index (χ0v) is 3.29. The van der Waals surface area contributed by atoms with E-state index in [0.717, 1.165) is 0 Å². The summed E-state index contributed by atoms with van der Waals surface area (Å²) < 4.78 is 4.01. The fourth-order valence-electron chi connectivity index (χ4n) is 0. The van der Waals surface area contributed by atoms with Gasteiger partial charge in [0.1, 0.15) is 0 Å². The lowest BCUT2D eigenvalue weighted by molar-refractivity contribution is 0.490. The second-order valence-electron chi connectivity index (χ2n) is 0.296. The molecule has 0 saturated heterocycles. The molecule has 0 aromatic carbocycles. The Labute approximate surface area is 27.8 Å². The number of hydrogen-bond acceptors (Lipinski definition) is 2. The molecule has 24 valence electrons.